The summed E-state index contributed by atoms with van der Waals surface area (Å²) in [5.41, 5.74) is 4.28. The lowest BCUT2D eigenvalue weighted by Crippen LogP contribution is -2.19. The Kier molecular flexibility index (Phi) is 4.65. The molecule has 20 heavy (non-hydrogen) atoms. The second-order valence-electron chi connectivity index (χ2n) is 4.16. The van der Waals surface area contributed by atoms with E-state index in [-0.39, 0.29) is 5.91 Å². The number of aryl methyl sites for hydroxylation is 1. The molecule has 0 saturated carbocycles. The zero-order chi connectivity index (χ0) is 14.5. The maximum absolute atomic E-state index is 11.1. The Morgan fingerprint density at radius 3 is 2.75 bits per heavy atom. The Balaban J connectivity index is 2.05. The van der Waals surface area contributed by atoms with Crippen LogP contribution in [0.2, 0.25) is 0 Å². The number of thiazole rings is 1. The highest BCUT2D eigenvalue weighted by atomic mass is 32.1. The van der Waals surface area contributed by atoms with E-state index in [1.165, 1.54) is 18.3 Å². The highest BCUT2D eigenvalue weighted by Crippen LogP contribution is 2.20. The van der Waals surface area contributed by atoms with Gasteiger partial charge in [0.15, 0.2) is 5.11 Å². The average Bonchev–Trinajstić information content (AvgIpc) is 2.85. The third-order valence-electron chi connectivity index (χ3n) is 2.48. The minimum absolute atomic E-state index is 0.103. The van der Waals surface area contributed by atoms with Gasteiger partial charge in [0.2, 0.25) is 5.91 Å². The molecule has 5 nitrogen and oxygen atoms in total. The second-order valence-corrected chi connectivity index (χ2v) is 5.29. The molecule has 0 spiro atoms. The van der Waals surface area contributed by atoms with Gasteiger partial charge in [-0.1, -0.05) is 6.07 Å². The third-order valence-corrected chi connectivity index (χ3v) is 3.27. The molecule has 1 aromatic carbocycles. The molecule has 0 atom stereocenters. The van der Waals surface area contributed by atoms with Crippen LogP contribution in [0.25, 0.3) is 0 Å². The first-order chi connectivity index (χ1) is 9.54. The molecule has 0 saturated heterocycles. The smallest absolute Gasteiger partial charge is 0.221 e. The summed E-state index contributed by atoms with van der Waals surface area (Å²) in [6.45, 7) is 3.41. The number of hydrogen-bond donors (Lipinski definition) is 3. The highest BCUT2D eigenvalue weighted by molar-refractivity contribution is 7.80. The van der Waals surface area contributed by atoms with Crippen LogP contribution in [0.1, 0.15) is 12.5 Å². The summed E-state index contributed by atoms with van der Waals surface area (Å²) in [4.78, 5) is 15.2. The van der Waals surface area contributed by atoms with E-state index in [1.54, 1.807) is 5.51 Å². The van der Waals surface area contributed by atoms with Crippen molar-refractivity contribution in [1.29, 1.82) is 0 Å². The van der Waals surface area contributed by atoms with Crippen LogP contribution in [0.4, 0.5) is 17.2 Å². The zero-order valence-electron chi connectivity index (χ0n) is 11.1. The molecule has 1 amide bonds. The van der Waals surface area contributed by atoms with Gasteiger partial charge in [0, 0.05) is 23.7 Å². The Morgan fingerprint density at radius 2 is 2.10 bits per heavy atom. The molecule has 2 rings (SSSR count). The maximum Gasteiger partial charge on any atom is 0.221 e. The molecule has 0 fully saturated rings. The van der Waals surface area contributed by atoms with Crippen molar-refractivity contribution in [2.45, 2.75) is 13.8 Å². The Hall–Kier alpha value is -1.99. The van der Waals surface area contributed by atoms with E-state index in [2.05, 4.69) is 20.9 Å². The molecular weight excluding hydrogens is 292 g/mol. The summed E-state index contributed by atoms with van der Waals surface area (Å²) in [5, 5.41) is 11.1. The van der Waals surface area contributed by atoms with Crippen molar-refractivity contribution in [3.8, 4) is 0 Å². The number of nitrogens with one attached hydrogen (secondary N) is 3. The number of benzene rings is 1. The minimum Gasteiger partial charge on any atom is -0.332 e. The van der Waals surface area contributed by atoms with Crippen LogP contribution in [-0.4, -0.2) is 16.0 Å². The molecular formula is C13H14N4OS2. The molecule has 0 bridgehead atoms. The van der Waals surface area contributed by atoms with E-state index in [0.29, 0.717) is 10.9 Å². The predicted octanol–water partition coefficient (Wildman–Crippen LogP) is 3.22. The number of thiocarbonyl (C=S) groups is 1. The summed E-state index contributed by atoms with van der Waals surface area (Å²) in [7, 11) is 0. The first-order valence-corrected chi connectivity index (χ1v) is 7.24. The lowest BCUT2D eigenvalue weighted by molar-refractivity contribution is -0.114. The number of aromatic nitrogens is 1. The summed E-state index contributed by atoms with van der Waals surface area (Å²) < 4.78 is 0. The lowest BCUT2D eigenvalue weighted by atomic mass is 10.2. The standard InChI is InChI=1S/C13H14N4OS2/c1-8-3-4-10(5-11(8)15-9(2)18)16-13(19)17-12-6-20-7-14-12/h3-7H,1-2H3,(H,15,18)(H2,16,17,19). The number of hydrogen-bond acceptors (Lipinski definition) is 4. The quantitative estimate of drug-likeness (QED) is 0.760. The van der Waals surface area contributed by atoms with E-state index in [4.69, 9.17) is 12.2 Å². The van der Waals surface area contributed by atoms with Crippen molar-refractivity contribution in [2.75, 3.05) is 16.0 Å². The van der Waals surface area contributed by atoms with E-state index in [1.807, 2.05) is 30.5 Å². The zero-order valence-corrected chi connectivity index (χ0v) is 12.7. The molecule has 1 aromatic heterocycles. The van der Waals surface area contributed by atoms with E-state index in [0.717, 1.165) is 16.9 Å². The Bertz CT molecular complexity index is 625. The molecule has 0 unspecified atom stereocenters. The fourth-order valence-electron chi connectivity index (χ4n) is 1.58. The van der Waals surface area contributed by atoms with E-state index in [9.17, 15) is 4.79 Å². The van der Waals surface area contributed by atoms with Crippen LogP contribution in [0.5, 0.6) is 0 Å². The number of carbonyl (C=O) groups is 1. The Morgan fingerprint density at radius 1 is 1.30 bits per heavy atom. The van der Waals surface area contributed by atoms with Crippen LogP contribution in [0.3, 0.4) is 0 Å². The predicted molar refractivity (Wildman–Crippen MR) is 87.4 cm³/mol. The largest absolute Gasteiger partial charge is 0.332 e. The summed E-state index contributed by atoms with van der Waals surface area (Å²) in [5.74, 6) is 0.607. The molecule has 0 aliphatic rings. The monoisotopic (exact) mass is 306 g/mol. The van der Waals surface area contributed by atoms with Crippen LogP contribution in [0, 0.1) is 6.92 Å². The normalized spacial score (nSPS) is 9.90. The van der Waals surface area contributed by atoms with Crippen LogP contribution in [0.15, 0.2) is 29.1 Å². The van der Waals surface area contributed by atoms with Crippen LogP contribution < -0.4 is 16.0 Å². The van der Waals surface area contributed by atoms with Crippen molar-refractivity contribution < 1.29 is 4.79 Å². The minimum atomic E-state index is -0.103. The summed E-state index contributed by atoms with van der Waals surface area (Å²) in [6, 6.07) is 5.65. The van der Waals surface area contributed by atoms with Crippen molar-refractivity contribution in [1.82, 2.24) is 4.98 Å². The van der Waals surface area contributed by atoms with Gasteiger partial charge in [-0.25, -0.2) is 4.98 Å². The van der Waals surface area contributed by atoms with Crippen molar-refractivity contribution in [3.05, 3.63) is 34.7 Å². The van der Waals surface area contributed by atoms with Gasteiger partial charge in [-0.2, -0.15) is 0 Å². The van der Waals surface area contributed by atoms with Gasteiger partial charge in [0.05, 0.1) is 5.51 Å². The lowest BCUT2D eigenvalue weighted by Gasteiger charge is -2.12. The van der Waals surface area contributed by atoms with Gasteiger partial charge >= 0.3 is 0 Å². The van der Waals surface area contributed by atoms with Crippen molar-refractivity contribution in [3.63, 3.8) is 0 Å². The highest BCUT2D eigenvalue weighted by Gasteiger charge is 2.04. The summed E-state index contributed by atoms with van der Waals surface area (Å²) in [6.07, 6.45) is 0. The number of nitrogens with zero attached hydrogens (tertiary/aromatic N) is 1. The molecule has 0 aliphatic carbocycles. The second kappa shape index (κ2) is 6.44. The molecule has 3 N–H and O–H groups in total. The fourth-order valence-corrected chi connectivity index (χ4v) is 2.28. The number of rotatable bonds is 3. The number of anilines is 3. The van der Waals surface area contributed by atoms with Crippen LogP contribution >= 0.6 is 23.6 Å². The first-order valence-electron chi connectivity index (χ1n) is 5.89. The molecule has 2 aromatic rings. The van der Waals surface area contributed by atoms with E-state index >= 15 is 0 Å². The fraction of sp³-hybridized carbons (Fsp3) is 0.154. The van der Waals surface area contributed by atoms with Crippen LogP contribution in [-0.2, 0) is 4.79 Å². The number of carbonyl (C=O) groups excluding carboxylic acids is 1. The molecule has 0 aliphatic heterocycles. The van der Waals surface area contributed by atoms with Crippen molar-refractivity contribution in [2.24, 2.45) is 0 Å². The van der Waals surface area contributed by atoms with Gasteiger partial charge < -0.3 is 16.0 Å². The van der Waals surface area contributed by atoms with Gasteiger partial charge in [0.1, 0.15) is 5.82 Å². The van der Waals surface area contributed by atoms with E-state index < -0.39 is 0 Å². The molecule has 0 radical (unpaired) electrons. The maximum atomic E-state index is 11.1. The SMILES string of the molecule is CC(=O)Nc1cc(NC(=S)Nc2cscn2)ccc1C. The molecule has 7 heteroatoms. The average molecular weight is 306 g/mol. The molecule has 104 valence electrons. The topological polar surface area (TPSA) is 66.1 Å². The Labute approximate surface area is 126 Å². The van der Waals surface area contributed by atoms with Gasteiger partial charge in [0.25, 0.3) is 0 Å². The van der Waals surface area contributed by atoms with Crippen molar-refractivity contribution >= 4 is 51.8 Å². The van der Waals surface area contributed by atoms with Gasteiger partial charge in [-0.3, -0.25) is 4.79 Å². The first kappa shape index (κ1) is 14.4. The molecule has 1 heterocycles. The van der Waals surface area contributed by atoms with Gasteiger partial charge in [-0.05, 0) is 36.8 Å². The third kappa shape index (κ3) is 4.01. The summed E-state index contributed by atoms with van der Waals surface area (Å²) >= 11 is 6.69. The van der Waals surface area contributed by atoms with Gasteiger partial charge in [-0.15, -0.1) is 11.3 Å². The number of amides is 1.